The van der Waals surface area contributed by atoms with Crippen LogP contribution in [-0.4, -0.2) is 43.3 Å². The molecule has 1 heterocycles. The molecule has 0 aliphatic carbocycles. The summed E-state index contributed by atoms with van der Waals surface area (Å²) in [5.74, 6) is 0.440. The van der Waals surface area contributed by atoms with Crippen molar-refractivity contribution in [2.24, 2.45) is 0 Å². The summed E-state index contributed by atoms with van der Waals surface area (Å²) in [4.78, 5) is 2.39. The van der Waals surface area contributed by atoms with Crippen LogP contribution in [0.15, 0.2) is 12.1 Å². The van der Waals surface area contributed by atoms with Gasteiger partial charge in [-0.3, -0.25) is 4.90 Å². The van der Waals surface area contributed by atoms with E-state index in [0.29, 0.717) is 10.8 Å². The maximum absolute atomic E-state index is 9.73. The van der Waals surface area contributed by atoms with Crippen LogP contribution in [0.5, 0.6) is 11.5 Å². The highest BCUT2D eigenvalue weighted by Gasteiger charge is 2.20. The van der Waals surface area contributed by atoms with Gasteiger partial charge in [-0.1, -0.05) is 11.6 Å². The van der Waals surface area contributed by atoms with Gasteiger partial charge < -0.3 is 15.2 Å². The number of phenolic OH excluding ortho intramolecular Hbond substituents is 1. The molecular formula is C13H19ClN2O2. The summed E-state index contributed by atoms with van der Waals surface area (Å²) < 4.78 is 5.14. The van der Waals surface area contributed by atoms with Gasteiger partial charge in [0.2, 0.25) is 0 Å². The van der Waals surface area contributed by atoms with E-state index in [1.165, 1.54) is 7.11 Å². The van der Waals surface area contributed by atoms with Crippen molar-refractivity contribution >= 4 is 11.6 Å². The van der Waals surface area contributed by atoms with E-state index < -0.39 is 0 Å². The highest BCUT2D eigenvalue weighted by Crippen LogP contribution is 2.37. The Hall–Kier alpha value is -0.970. The number of rotatable bonds is 3. The molecule has 100 valence electrons. The number of methoxy groups -OCH3 is 1. The largest absolute Gasteiger partial charge is 0.503 e. The topological polar surface area (TPSA) is 44.7 Å². The van der Waals surface area contributed by atoms with Crippen molar-refractivity contribution in [1.29, 1.82) is 0 Å². The van der Waals surface area contributed by atoms with Crippen molar-refractivity contribution in [3.63, 3.8) is 0 Å². The van der Waals surface area contributed by atoms with Gasteiger partial charge in [0.1, 0.15) is 0 Å². The summed E-state index contributed by atoms with van der Waals surface area (Å²) in [6, 6.07) is 3.93. The summed E-state index contributed by atoms with van der Waals surface area (Å²) in [7, 11) is 1.53. The van der Waals surface area contributed by atoms with Crippen LogP contribution >= 0.6 is 11.6 Å². The van der Waals surface area contributed by atoms with Gasteiger partial charge in [-0.15, -0.1) is 0 Å². The normalized spacial score (nSPS) is 18.6. The Morgan fingerprint density at radius 1 is 1.39 bits per heavy atom. The summed E-state index contributed by atoms with van der Waals surface area (Å²) in [5, 5.41) is 13.4. The molecule has 5 heteroatoms. The fraction of sp³-hybridized carbons (Fsp3) is 0.538. The lowest BCUT2D eigenvalue weighted by molar-refractivity contribution is 0.185. The van der Waals surface area contributed by atoms with Crippen molar-refractivity contribution in [1.82, 2.24) is 10.2 Å². The second-order valence-corrected chi connectivity index (χ2v) is 4.92. The first-order valence-electron chi connectivity index (χ1n) is 6.14. The van der Waals surface area contributed by atoms with Gasteiger partial charge >= 0.3 is 0 Å². The molecule has 0 unspecified atom stereocenters. The molecule has 0 spiro atoms. The van der Waals surface area contributed by atoms with E-state index in [2.05, 4.69) is 17.1 Å². The molecular weight excluding hydrogens is 252 g/mol. The van der Waals surface area contributed by atoms with Crippen LogP contribution in [0, 0.1) is 0 Å². The van der Waals surface area contributed by atoms with E-state index in [0.717, 1.165) is 31.7 Å². The standard InChI is InChI=1S/C13H19ClN2O2/c1-9(16-5-3-15-4-6-16)10-7-11(14)13(17)12(8-10)18-2/h7-9,15,17H,3-6H2,1-2H3/t9-/m1/s1. The van der Waals surface area contributed by atoms with Gasteiger partial charge in [0.25, 0.3) is 0 Å². The van der Waals surface area contributed by atoms with Gasteiger partial charge in [0, 0.05) is 32.2 Å². The van der Waals surface area contributed by atoms with Crippen molar-refractivity contribution in [2.45, 2.75) is 13.0 Å². The summed E-state index contributed by atoms with van der Waals surface area (Å²) >= 11 is 6.02. The quantitative estimate of drug-likeness (QED) is 0.882. The molecule has 2 rings (SSSR count). The summed E-state index contributed by atoms with van der Waals surface area (Å²) in [6.45, 7) is 6.19. The molecule has 1 aliphatic rings. The second kappa shape index (κ2) is 5.78. The zero-order valence-corrected chi connectivity index (χ0v) is 11.5. The van der Waals surface area contributed by atoms with Crippen molar-refractivity contribution < 1.29 is 9.84 Å². The number of nitrogens with one attached hydrogen (secondary N) is 1. The Morgan fingerprint density at radius 3 is 2.67 bits per heavy atom. The molecule has 0 saturated carbocycles. The zero-order valence-electron chi connectivity index (χ0n) is 10.7. The minimum Gasteiger partial charge on any atom is -0.503 e. The lowest BCUT2D eigenvalue weighted by Gasteiger charge is -2.33. The first-order chi connectivity index (χ1) is 8.63. The van der Waals surface area contributed by atoms with E-state index in [1.807, 2.05) is 12.1 Å². The molecule has 1 aromatic rings. The third-order valence-electron chi connectivity index (χ3n) is 3.45. The van der Waals surface area contributed by atoms with Gasteiger partial charge in [0.05, 0.1) is 12.1 Å². The number of hydrogen-bond acceptors (Lipinski definition) is 4. The number of piperazine rings is 1. The number of phenols is 1. The number of aromatic hydroxyl groups is 1. The van der Waals surface area contributed by atoms with Gasteiger partial charge in [-0.2, -0.15) is 0 Å². The van der Waals surface area contributed by atoms with Crippen LogP contribution in [0.2, 0.25) is 5.02 Å². The van der Waals surface area contributed by atoms with Crippen LogP contribution in [-0.2, 0) is 0 Å². The van der Waals surface area contributed by atoms with Crippen LogP contribution in [0.25, 0.3) is 0 Å². The van der Waals surface area contributed by atoms with Gasteiger partial charge in [0.15, 0.2) is 11.5 Å². The molecule has 0 bridgehead atoms. The first kappa shape index (κ1) is 13.5. The fourth-order valence-electron chi connectivity index (χ4n) is 2.27. The van der Waals surface area contributed by atoms with Crippen LogP contribution < -0.4 is 10.1 Å². The number of nitrogens with zero attached hydrogens (tertiary/aromatic N) is 1. The minimum atomic E-state index is 0.00966. The number of halogens is 1. The number of benzene rings is 1. The highest BCUT2D eigenvalue weighted by molar-refractivity contribution is 6.32. The van der Waals surface area contributed by atoms with E-state index in [1.54, 1.807) is 0 Å². The molecule has 1 aromatic carbocycles. The lowest BCUT2D eigenvalue weighted by atomic mass is 10.1. The van der Waals surface area contributed by atoms with E-state index in [-0.39, 0.29) is 11.8 Å². The lowest BCUT2D eigenvalue weighted by Crippen LogP contribution is -2.44. The second-order valence-electron chi connectivity index (χ2n) is 4.52. The third-order valence-corrected chi connectivity index (χ3v) is 3.74. The van der Waals surface area contributed by atoms with Crippen LogP contribution in [0.3, 0.4) is 0 Å². The molecule has 1 saturated heterocycles. The summed E-state index contributed by atoms with van der Waals surface area (Å²) in [6.07, 6.45) is 0. The van der Waals surface area contributed by atoms with Crippen LogP contribution in [0.4, 0.5) is 0 Å². The van der Waals surface area contributed by atoms with Gasteiger partial charge in [-0.05, 0) is 24.6 Å². The SMILES string of the molecule is COc1cc([C@@H](C)N2CCNCC2)cc(Cl)c1O. The molecule has 0 amide bonds. The molecule has 0 aromatic heterocycles. The predicted molar refractivity (Wildman–Crippen MR) is 72.5 cm³/mol. The monoisotopic (exact) mass is 270 g/mol. The van der Waals surface area contributed by atoms with E-state index >= 15 is 0 Å². The Balaban J connectivity index is 2.23. The molecule has 1 fully saturated rings. The molecule has 1 aliphatic heterocycles. The Bertz CT molecular complexity index is 420. The number of hydrogen-bond donors (Lipinski definition) is 2. The third kappa shape index (κ3) is 2.71. The average molecular weight is 271 g/mol. The molecule has 2 N–H and O–H groups in total. The van der Waals surface area contributed by atoms with E-state index in [4.69, 9.17) is 16.3 Å². The Kier molecular flexibility index (Phi) is 4.32. The smallest absolute Gasteiger partial charge is 0.176 e. The van der Waals surface area contributed by atoms with Crippen LogP contribution in [0.1, 0.15) is 18.5 Å². The fourth-order valence-corrected chi connectivity index (χ4v) is 2.49. The Morgan fingerprint density at radius 2 is 2.06 bits per heavy atom. The predicted octanol–water partition coefficient (Wildman–Crippen LogP) is 2.02. The Labute approximate surface area is 113 Å². The van der Waals surface area contributed by atoms with Crippen molar-refractivity contribution in [3.05, 3.63) is 22.7 Å². The average Bonchev–Trinajstić information content (AvgIpc) is 2.42. The highest BCUT2D eigenvalue weighted by atomic mass is 35.5. The minimum absolute atomic E-state index is 0.00966. The maximum Gasteiger partial charge on any atom is 0.176 e. The van der Waals surface area contributed by atoms with Crippen molar-refractivity contribution in [3.8, 4) is 11.5 Å². The molecule has 1 atom stereocenters. The number of ether oxygens (including phenoxy) is 1. The molecule has 0 radical (unpaired) electrons. The summed E-state index contributed by atoms with van der Waals surface area (Å²) in [5.41, 5.74) is 1.07. The first-order valence-corrected chi connectivity index (χ1v) is 6.52. The molecule has 18 heavy (non-hydrogen) atoms. The maximum atomic E-state index is 9.73. The van der Waals surface area contributed by atoms with Gasteiger partial charge in [-0.25, -0.2) is 0 Å². The molecule has 4 nitrogen and oxygen atoms in total. The van der Waals surface area contributed by atoms with Crippen molar-refractivity contribution in [2.75, 3.05) is 33.3 Å². The zero-order chi connectivity index (χ0) is 13.1. The van der Waals surface area contributed by atoms with E-state index in [9.17, 15) is 5.11 Å².